The lowest BCUT2D eigenvalue weighted by Crippen LogP contribution is -2.45. The van der Waals surface area contributed by atoms with Gasteiger partial charge in [0, 0.05) is 34.4 Å². The first-order valence-corrected chi connectivity index (χ1v) is 20.0. The second-order valence-electron chi connectivity index (χ2n) is 13.9. The van der Waals surface area contributed by atoms with Crippen LogP contribution in [0.15, 0.2) is 113 Å². The smallest absolute Gasteiger partial charge is 0.279 e. The Morgan fingerprint density at radius 1 is 0.824 bits per heavy atom. The number of benzene rings is 4. The van der Waals surface area contributed by atoms with Crippen molar-refractivity contribution in [2.75, 3.05) is 11.5 Å². The van der Waals surface area contributed by atoms with Gasteiger partial charge in [0.1, 0.15) is 0 Å². The van der Waals surface area contributed by atoms with Gasteiger partial charge in [0.15, 0.2) is 5.60 Å². The highest BCUT2D eigenvalue weighted by molar-refractivity contribution is 6.72. The van der Waals surface area contributed by atoms with E-state index in [1.807, 2.05) is 49.4 Å². The van der Waals surface area contributed by atoms with Gasteiger partial charge in [-0.05, 0) is 67.5 Å². The summed E-state index contributed by atoms with van der Waals surface area (Å²) in [5.74, 6) is -0.900. The summed E-state index contributed by atoms with van der Waals surface area (Å²) in [4.78, 5) is 43.3. The van der Waals surface area contributed by atoms with Crippen LogP contribution in [-0.4, -0.2) is 51.7 Å². The normalized spacial score (nSPS) is 21.6. The van der Waals surface area contributed by atoms with Crippen molar-refractivity contribution in [3.63, 3.8) is 0 Å². The molecule has 0 aliphatic carbocycles. The zero-order valence-electron chi connectivity index (χ0n) is 28.4. The van der Waals surface area contributed by atoms with Gasteiger partial charge in [-0.15, -0.1) is 0 Å². The fourth-order valence-corrected chi connectivity index (χ4v) is 10.7. The van der Waals surface area contributed by atoms with E-state index in [0.717, 1.165) is 10.9 Å². The summed E-state index contributed by atoms with van der Waals surface area (Å²) in [6.07, 6.45) is 2.79. The van der Waals surface area contributed by atoms with E-state index in [9.17, 15) is 19.5 Å². The topological polar surface area (TPSA) is 120 Å². The molecule has 2 aromatic heterocycles. The molecular weight excluding hydrogens is 666 g/mol. The monoisotopic (exact) mass is 701 g/mol. The minimum Gasteiger partial charge on any atom is -0.396 e. The molecule has 6 aromatic rings. The average Bonchev–Trinajstić information content (AvgIpc) is 3.55. The number of aromatic nitrogens is 4. The number of carbonyl (C=O) groups excluding carboxylic acids is 1. The summed E-state index contributed by atoms with van der Waals surface area (Å²) < 4.78 is 25.5. The molecule has 0 unspecified atom stereocenters. The molecule has 258 valence electrons. The van der Waals surface area contributed by atoms with Gasteiger partial charge in [-0.25, -0.2) is 0 Å². The van der Waals surface area contributed by atoms with Gasteiger partial charge in [-0.3, -0.25) is 14.4 Å². The van der Waals surface area contributed by atoms with Gasteiger partial charge in [0.05, 0.1) is 52.9 Å². The van der Waals surface area contributed by atoms with Crippen LogP contribution in [-0.2, 0) is 21.7 Å². The number of aliphatic hydroxyl groups is 1. The number of aliphatic hydroxyl groups excluding tert-OH is 1. The fraction of sp³-hybridized carbons (Fsp3) is 0.256. The summed E-state index contributed by atoms with van der Waals surface area (Å²) in [5, 5.41) is 21.3. The highest BCUT2D eigenvalue weighted by Crippen LogP contribution is 2.60. The highest BCUT2D eigenvalue weighted by atomic mass is 28.4. The van der Waals surface area contributed by atoms with Crippen molar-refractivity contribution < 1.29 is 18.7 Å². The quantitative estimate of drug-likeness (QED) is 0.165. The first-order chi connectivity index (χ1) is 24.5. The Morgan fingerprint density at radius 3 is 1.98 bits per heavy atom. The summed E-state index contributed by atoms with van der Waals surface area (Å²) in [6.45, 7) is 5.05. The first kappa shape index (κ1) is 32.9. The Labute approximate surface area is 293 Å². The van der Waals surface area contributed by atoms with Crippen LogP contribution >= 0.6 is 0 Å². The van der Waals surface area contributed by atoms with Gasteiger partial charge in [0.25, 0.3) is 17.0 Å². The standard InChI is InChI=1S/C39H36FN5O5Si/c1-24-35(51(2,3)40)34(18-19-46)50-39(24)32-20-29(45-37(48)31-11-7-5-9-27(31)22-42-45)16-17-33(32)43(38(39)49)23-25-12-14-28(15-13-25)44-36(47)30-10-6-4-8-26(30)21-41-44/h4-17,20-22,24,34-35,46H,18-19,23H2,1-3H3/t24-,34+,35-,39+/m1/s1. The molecule has 1 amide bonds. The molecule has 10 nitrogen and oxygen atoms in total. The molecule has 4 aromatic carbocycles. The number of ether oxygens (including phenoxy) is 1. The van der Waals surface area contributed by atoms with Crippen molar-refractivity contribution >= 4 is 41.5 Å². The number of halogens is 1. The van der Waals surface area contributed by atoms with Crippen LogP contribution < -0.4 is 16.0 Å². The van der Waals surface area contributed by atoms with E-state index in [1.54, 1.807) is 78.9 Å². The predicted molar refractivity (Wildman–Crippen MR) is 196 cm³/mol. The van der Waals surface area contributed by atoms with Gasteiger partial charge < -0.3 is 18.9 Å². The van der Waals surface area contributed by atoms with Crippen molar-refractivity contribution in [2.45, 2.75) is 50.2 Å². The fourth-order valence-electron chi connectivity index (χ4n) is 8.20. The summed E-state index contributed by atoms with van der Waals surface area (Å²) in [7, 11) is -3.41. The maximum absolute atomic E-state index is 16.1. The Bertz CT molecular complexity index is 2460. The second-order valence-corrected chi connectivity index (χ2v) is 17.7. The first-order valence-electron chi connectivity index (χ1n) is 17.0. The zero-order chi connectivity index (χ0) is 35.7. The van der Waals surface area contributed by atoms with Gasteiger partial charge in [-0.1, -0.05) is 55.5 Å². The molecule has 2 aliphatic heterocycles. The van der Waals surface area contributed by atoms with Gasteiger partial charge in [0.2, 0.25) is 8.41 Å². The molecule has 4 heterocycles. The molecular formula is C39H36FN5O5Si. The molecule has 0 radical (unpaired) electrons. The largest absolute Gasteiger partial charge is 0.396 e. The van der Waals surface area contributed by atoms with Crippen molar-refractivity contribution in [1.82, 2.24) is 19.6 Å². The van der Waals surface area contributed by atoms with Gasteiger partial charge in [-0.2, -0.15) is 19.6 Å². The molecule has 4 atom stereocenters. The summed E-state index contributed by atoms with van der Waals surface area (Å²) >= 11 is 0. The van der Waals surface area contributed by atoms with Crippen molar-refractivity contribution in [2.24, 2.45) is 5.92 Å². The number of nitrogens with zero attached hydrogens (tertiary/aromatic N) is 5. The maximum Gasteiger partial charge on any atom is 0.279 e. The highest BCUT2D eigenvalue weighted by Gasteiger charge is 2.66. The van der Waals surface area contributed by atoms with E-state index >= 15 is 4.11 Å². The van der Waals surface area contributed by atoms with Crippen LogP contribution in [0.1, 0.15) is 24.5 Å². The van der Waals surface area contributed by atoms with E-state index < -0.39 is 31.6 Å². The van der Waals surface area contributed by atoms with Gasteiger partial charge >= 0.3 is 0 Å². The number of rotatable bonds is 7. The molecule has 12 heteroatoms. The van der Waals surface area contributed by atoms with E-state index in [2.05, 4.69) is 10.2 Å². The van der Waals surface area contributed by atoms with Crippen LogP contribution in [0.4, 0.5) is 9.80 Å². The number of carbonyl (C=O) groups is 1. The molecule has 1 N–H and O–H groups in total. The third-order valence-corrected chi connectivity index (χ3v) is 13.0. The molecule has 2 aliphatic rings. The Hall–Kier alpha value is -5.30. The number of hydrogen-bond acceptors (Lipinski definition) is 7. The summed E-state index contributed by atoms with van der Waals surface area (Å²) in [6, 6.07) is 27.0. The number of anilines is 1. The lowest BCUT2D eigenvalue weighted by Gasteiger charge is -2.31. The minimum atomic E-state index is -3.41. The number of hydrogen-bond donors (Lipinski definition) is 1. The van der Waals surface area contributed by atoms with Crippen LogP contribution in [0.25, 0.3) is 32.9 Å². The average molecular weight is 702 g/mol. The zero-order valence-corrected chi connectivity index (χ0v) is 29.4. The van der Waals surface area contributed by atoms with E-state index in [1.165, 1.54) is 9.36 Å². The van der Waals surface area contributed by atoms with Crippen LogP contribution in [0.5, 0.6) is 0 Å². The summed E-state index contributed by atoms with van der Waals surface area (Å²) in [5.41, 5.74) is 0.274. The van der Waals surface area contributed by atoms with Crippen LogP contribution in [0, 0.1) is 5.92 Å². The van der Waals surface area contributed by atoms with Crippen LogP contribution in [0.3, 0.4) is 0 Å². The van der Waals surface area contributed by atoms with Crippen molar-refractivity contribution in [3.8, 4) is 11.4 Å². The number of amides is 1. The molecule has 1 spiro atoms. The molecule has 51 heavy (non-hydrogen) atoms. The second kappa shape index (κ2) is 12.2. The molecule has 0 bridgehead atoms. The van der Waals surface area contributed by atoms with Crippen LogP contribution in [0.2, 0.25) is 18.6 Å². The van der Waals surface area contributed by atoms with E-state index in [-0.39, 0.29) is 36.6 Å². The van der Waals surface area contributed by atoms with Crippen molar-refractivity contribution in [1.29, 1.82) is 0 Å². The lowest BCUT2D eigenvalue weighted by atomic mass is 9.82. The Morgan fingerprint density at radius 2 is 1.39 bits per heavy atom. The van der Waals surface area contributed by atoms with E-state index in [4.69, 9.17) is 4.74 Å². The molecule has 1 saturated heterocycles. The Kier molecular flexibility index (Phi) is 7.85. The number of fused-ring (bicyclic) bond motifs is 4. The van der Waals surface area contributed by atoms with Crippen molar-refractivity contribution in [3.05, 3.63) is 135 Å². The lowest BCUT2D eigenvalue weighted by molar-refractivity contribution is -0.146. The predicted octanol–water partition coefficient (Wildman–Crippen LogP) is 5.79. The SMILES string of the molecule is C[C@@H]1[C@@H]([Si](C)(C)F)[C@H](CCO)O[C@@]12C(=O)N(Cc1ccc(-n3ncc4ccccc4c3=O)cc1)c1ccc(-n3ncc4ccccc4c3=O)cc12. The maximum atomic E-state index is 16.1. The third-order valence-electron chi connectivity index (χ3n) is 10.5. The molecule has 8 rings (SSSR count). The third kappa shape index (κ3) is 5.16. The minimum absolute atomic E-state index is 0.170. The van der Waals surface area contributed by atoms with E-state index in [0.29, 0.717) is 38.8 Å². The molecule has 0 saturated carbocycles. The molecule has 1 fully saturated rings. The Balaban J connectivity index is 1.22.